The molecule has 0 aromatic carbocycles. The largest absolute Gasteiger partial charge is 0.339 e. The average Bonchev–Trinajstić information content (AvgIpc) is 2.63. The summed E-state index contributed by atoms with van der Waals surface area (Å²) in [6.07, 6.45) is 13.5. The first-order valence-electron chi connectivity index (χ1n) is 7.69. The third-order valence-corrected chi connectivity index (χ3v) is 5.22. The molecular formula is C17H24NOP. The van der Waals surface area contributed by atoms with Crippen molar-refractivity contribution in [1.82, 2.24) is 4.90 Å². The Morgan fingerprint density at radius 1 is 1.30 bits per heavy atom. The number of allylic oxidation sites excluding steroid dienone is 4. The van der Waals surface area contributed by atoms with Gasteiger partial charge in [-0.1, -0.05) is 24.3 Å². The predicted octanol–water partition coefficient (Wildman–Crippen LogP) is 3.46. The molecule has 0 N–H and O–H groups in total. The van der Waals surface area contributed by atoms with E-state index in [4.69, 9.17) is 0 Å². The SMILES string of the molecule is CC1C(=O)N2CCCCC2CC2=C1C=CC(C)(P)C=C2. The zero-order valence-corrected chi connectivity index (χ0v) is 13.6. The molecule has 0 saturated carbocycles. The van der Waals surface area contributed by atoms with Crippen LogP contribution >= 0.6 is 9.24 Å². The van der Waals surface area contributed by atoms with Crippen LogP contribution in [0.15, 0.2) is 35.5 Å². The molecule has 3 aliphatic rings. The Kier molecular flexibility index (Phi) is 3.62. The van der Waals surface area contributed by atoms with E-state index in [-0.39, 0.29) is 11.1 Å². The monoisotopic (exact) mass is 289 g/mol. The van der Waals surface area contributed by atoms with Crippen LogP contribution in [0, 0.1) is 5.92 Å². The van der Waals surface area contributed by atoms with Crippen molar-refractivity contribution in [3.8, 4) is 0 Å². The number of nitrogens with zero attached hydrogens (tertiary/aromatic N) is 1. The first-order valence-corrected chi connectivity index (χ1v) is 8.26. The number of fused-ring (bicyclic) bond motifs is 1. The maximum absolute atomic E-state index is 12.7. The zero-order valence-electron chi connectivity index (χ0n) is 12.4. The lowest BCUT2D eigenvalue weighted by atomic mass is 9.93. The van der Waals surface area contributed by atoms with Crippen LogP contribution < -0.4 is 0 Å². The normalized spacial score (nSPS) is 37.4. The van der Waals surface area contributed by atoms with Crippen LogP contribution in [0.2, 0.25) is 0 Å². The van der Waals surface area contributed by atoms with E-state index >= 15 is 0 Å². The van der Waals surface area contributed by atoms with Gasteiger partial charge < -0.3 is 4.90 Å². The molecule has 4 unspecified atom stereocenters. The van der Waals surface area contributed by atoms with Gasteiger partial charge in [-0.2, -0.15) is 0 Å². The summed E-state index contributed by atoms with van der Waals surface area (Å²) < 4.78 is 0. The van der Waals surface area contributed by atoms with Crippen LogP contribution in [0.3, 0.4) is 0 Å². The molecule has 3 rings (SSSR count). The summed E-state index contributed by atoms with van der Waals surface area (Å²) in [5, 5.41) is 0.00121. The fourth-order valence-electron chi connectivity index (χ4n) is 3.56. The van der Waals surface area contributed by atoms with Crippen LogP contribution in [0.1, 0.15) is 39.5 Å². The van der Waals surface area contributed by atoms with Gasteiger partial charge in [-0.25, -0.2) is 0 Å². The fraction of sp³-hybridized carbons (Fsp3) is 0.588. The van der Waals surface area contributed by atoms with Crippen molar-refractivity contribution in [3.63, 3.8) is 0 Å². The summed E-state index contributed by atoms with van der Waals surface area (Å²) in [7, 11) is 2.88. The van der Waals surface area contributed by atoms with E-state index in [0.717, 1.165) is 25.8 Å². The number of hydrogen-bond donors (Lipinski definition) is 0. The number of rotatable bonds is 0. The predicted molar refractivity (Wildman–Crippen MR) is 86.6 cm³/mol. The van der Waals surface area contributed by atoms with Crippen molar-refractivity contribution in [1.29, 1.82) is 0 Å². The number of piperidine rings is 1. The Bertz CT molecular complexity index is 515. The van der Waals surface area contributed by atoms with Crippen molar-refractivity contribution >= 4 is 15.1 Å². The van der Waals surface area contributed by atoms with E-state index in [0.29, 0.717) is 11.9 Å². The molecule has 0 spiro atoms. The highest BCUT2D eigenvalue weighted by molar-refractivity contribution is 7.19. The minimum absolute atomic E-state index is 0.00121. The van der Waals surface area contributed by atoms with Gasteiger partial charge in [-0.15, -0.1) is 9.24 Å². The molecule has 2 nitrogen and oxygen atoms in total. The van der Waals surface area contributed by atoms with Crippen LogP contribution in [-0.2, 0) is 4.79 Å². The van der Waals surface area contributed by atoms with Gasteiger partial charge >= 0.3 is 0 Å². The molecule has 2 aliphatic heterocycles. The lowest BCUT2D eigenvalue weighted by Gasteiger charge is -2.35. The van der Waals surface area contributed by atoms with E-state index in [2.05, 4.69) is 52.3 Å². The summed E-state index contributed by atoms with van der Waals surface area (Å²) in [4.78, 5) is 14.9. The molecule has 108 valence electrons. The first kappa shape index (κ1) is 14.1. The molecular weight excluding hydrogens is 265 g/mol. The molecule has 20 heavy (non-hydrogen) atoms. The highest BCUT2D eigenvalue weighted by Crippen LogP contribution is 2.37. The van der Waals surface area contributed by atoms with Gasteiger partial charge in [0.05, 0.1) is 5.92 Å². The van der Waals surface area contributed by atoms with E-state index in [1.54, 1.807) is 0 Å². The van der Waals surface area contributed by atoms with E-state index in [1.165, 1.54) is 17.6 Å². The van der Waals surface area contributed by atoms with Gasteiger partial charge in [0.15, 0.2) is 0 Å². The third kappa shape index (κ3) is 2.51. The highest BCUT2D eigenvalue weighted by Gasteiger charge is 2.35. The summed E-state index contributed by atoms with van der Waals surface area (Å²) in [5.41, 5.74) is 2.59. The molecule has 0 aromatic rings. The maximum Gasteiger partial charge on any atom is 0.230 e. The van der Waals surface area contributed by atoms with Gasteiger partial charge in [0.2, 0.25) is 5.91 Å². The second kappa shape index (κ2) is 5.15. The van der Waals surface area contributed by atoms with Crippen molar-refractivity contribution in [3.05, 3.63) is 35.5 Å². The molecule has 0 bridgehead atoms. The number of carbonyl (C=O) groups is 1. The summed E-state index contributed by atoms with van der Waals surface area (Å²) in [6, 6.07) is 0.415. The number of amides is 1. The van der Waals surface area contributed by atoms with E-state index < -0.39 is 0 Å². The molecule has 0 radical (unpaired) electrons. The van der Waals surface area contributed by atoms with Crippen molar-refractivity contribution in [2.45, 2.75) is 50.7 Å². The quantitative estimate of drug-likeness (QED) is 0.625. The molecule has 1 fully saturated rings. The minimum atomic E-state index is -0.00657. The van der Waals surface area contributed by atoms with Gasteiger partial charge in [0.25, 0.3) is 0 Å². The van der Waals surface area contributed by atoms with Crippen molar-refractivity contribution in [2.24, 2.45) is 5.92 Å². The molecule has 2 heterocycles. The molecule has 1 amide bonds. The highest BCUT2D eigenvalue weighted by atomic mass is 31.0. The zero-order chi connectivity index (χ0) is 14.3. The lowest BCUT2D eigenvalue weighted by Crippen LogP contribution is -2.44. The van der Waals surface area contributed by atoms with Gasteiger partial charge in [-0.3, -0.25) is 4.79 Å². The smallest absolute Gasteiger partial charge is 0.230 e. The first-order chi connectivity index (χ1) is 9.48. The second-order valence-corrected chi connectivity index (χ2v) is 7.86. The Balaban J connectivity index is 2.00. The van der Waals surface area contributed by atoms with Crippen molar-refractivity contribution < 1.29 is 4.79 Å². The van der Waals surface area contributed by atoms with Crippen LogP contribution in [-0.4, -0.2) is 28.5 Å². The van der Waals surface area contributed by atoms with Crippen LogP contribution in [0.25, 0.3) is 0 Å². The summed E-state index contributed by atoms with van der Waals surface area (Å²) >= 11 is 0. The van der Waals surface area contributed by atoms with Crippen molar-refractivity contribution in [2.75, 3.05) is 6.54 Å². The molecule has 0 aromatic heterocycles. The molecule has 3 heteroatoms. The Morgan fingerprint density at radius 3 is 2.85 bits per heavy atom. The molecule has 1 aliphatic carbocycles. The summed E-state index contributed by atoms with van der Waals surface area (Å²) in [6.45, 7) is 5.19. The topological polar surface area (TPSA) is 20.3 Å². The maximum atomic E-state index is 12.7. The van der Waals surface area contributed by atoms with E-state index in [1.807, 2.05) is 0 Å². The Labute approximate surface area is 124 Å². The molecule has 4 atom stereocenters. The van der Waals surface area contributed by atoms with Crippen LogP contribution in [0.5, 0.6) is 0 Å². The Morgan fingerprint density at radius 2 is 2.05 bits per heavy atom. The lowest BCUT2D eigenvalue weighted by molar-refractivity contribution is -0.136. The standard InChI is InChI=1S/C17H24NOP/c1-12-15-7-9-17(2,20)8-6-13(15)11-14-5-3-4-10-18(14)16(12)19/h6-9,12,14H,3-5,10-11,20H2,1-2H3. The van der Waals surface area contributed by atoms with Gasteiger partial charge in [-0.05, 0) is 50.7 Å². The fourth-order valence-corrected chi connectivity index (χ4v) is 3.75. The van der Waals surface area contributed by atoms with E-state index in [9.17, 15) is 4.79 Å². The second-order valence-electron chi connectivity index (χ2n) is 6.62. The van der Waals surface area contributed by atoms with Crippen LogP contribution in [0.4, 0.5) is 0 Å². The van der Waals surface area contributed by atoms with Gasteiger partial charge in [0.1, 0.15) is 0 Å². The Hall–Kier alpha value is -0.880. The third-order valence-electron chi connectivity index (χ3n) is 4.84. The number of hydrogen-bond acceptors (Lipinski definition) is 1. The average molecular weight is 289 g/mol. The molecule has 1 saturated heterocycles. The minimum Gasteiger partial charge on any atom is -0.339 e. The summed E-state index contributed by atoms with van der Waals surface area (Å²) in [5.74, 6) is 0.318. The number of carbonyl (C=O) groups excluding carboxylic acids is 1. The van der Waals surface area contributed by atoms with Gasteiger partial charge in [0, 0.05) is 17.7 Å².